The summed E-state index contributed by atoms with van der Waals surface area (Å²) < 4.78 is 5.67. The van der Waals surface area contributed by atoms with Crippen molar-refractivity contribution in [2.75, 3.05) is 11.9 Å². The third-order valence-corrected chi connectivity index (χ3v) is 3.52. The number of amides is 2. The highest BCUT2D eigenvalue weighted by molar-refractivity contribution is 6.03. The largest absolute Gasteiger partial charge is 0.483 e. The lowest BCUT2D eigenvalue weighted by molar-refractivity contribution is -0.118. The van der Waals surface area contributed by atoms with E-state index in [1.165, 1.54) is 0 Å². The predicted molar refractivity (Wildman–Crippen MR) is 94.2 cm³/mol. The number of hydrogen-bond donors (Lipinski definition) is 2. The Kier molecular flexibility index (Phi) is 5.24. The molecule has 0 unspecified atom stereocenters. The molecule has 0 aliphatic rings. The molecule has 126 valence electrons. The highest BCUT2D eigenvalue weighted by Crippen LogP contribution is 2.30. The quantitative estimate of drug-likeness (QED) is 0.886. The average Bonchev–Trinajstić information content (AvgIpc) is 2.52. The van der Waals surface area contributed by atoms with Crippen LogP contribution in [-0.4, -0.2) is 18.4 Å². The van der Waals surface area contributed by atoms with Crippen LogP contribution in [0.15, 0.2) is 48.5 Å². The van der Waals surface area contributed by atoms with Gasteiger partial charge in [0.2, 0.25) is 0 Å². The number of para-hydroxylation sites is 2. The Bertz CT molecular complexity index is 748. The van der Waals surface area contributed by atoms with Crippen LogP contribution in [0.25, 0.3) is 0 Å². The topological polar surface area (TPSA) is 81.4 Å². The number of nitrogens with two attached hydrogens (primary N) is 1. The van der Waals surface area contributed by atoms with Crippen LogP contribution in [0.2, 0.25) is 0 Å². The van der Waals surface area contributed by atoms with Gasteiger partial charge in [-0.05, 0) is 29.2 Å². The van der Waals surface area contributed by atoms with Crippen molar-refractivity contribution in [3.05, 3.63) is 59.7 Å². The molecule has 0 aliphatic carbocycles. The first-order valence-corrected chi connectivity index (χ1v) is 7.70. The van der Waals surface area contributed by atoms with Gasteiger partial charge in [-0.3, -0.25) is 9.59 Å². The minimum Gasteiger partial charge on any atom is -0.483 e. The zero-order valence-corrected chi connectivity index (χ0v) is 14.1. The van der Waals surface area contributed by atoms with E-state index in [2.05, 4.69) is 26.1 Å². The molecule has 2 amide bonds. The highest BCUT2D eigenvalue weighted by Gasteiger charge is 2.19. The molecule has 0 spiro atoms. The maximum Gasteiger partial charge on any atom is 0.262 e. The highest BCUT2D eigenvalue weighted by atomic mass is 16.5. The molecular weight excluding hydrogens is 304 g/mol. The van der Waals surface area contributed by atoms with Gasteiger partial charge >= 0.3 is 0 Å². The predicted octanol–water partition coefficient (Wildman–Crippen LogP) is 3.10. The summed E-state index contributed by atoms with van der Waals surface area (Å²) in [5, 5.41) is 2.66. The molecule has 0 saturated heterocycles. The standard InChI is InChI=1S/C19H22N2O3/c1-19(2,3)14-9-5-7-11-16(14)24-12-17(22)21-15-10-6-4-8-13(15)18(20)23/h4-11H,12H2,1-3H3,(H2,20,23)(H,21,22). The zero-order chi connectivity index (χ0) is 17.7. The molecular formula is C19H22N2O3. The number of anilines is 1. The Labute approximate surface area is 141 Å². The molecule has 24 heavy (non-hydrogen) atoms. The van der Waals surface area contributed by atoms with E-state index in [4.69, 9.17) is 10.5 Å². The number of rotatable bonds is 5. The Morgan fingerprint density at radius 3 is 2.33 bits per heavy atom. The monoisotopic (exact) mass is 326 g/mol. The van der Waals surface area contributed by atoms with Gasteiger partial charge in [-0.1, -0.05) is 51.1 Å². The molecule has 2 aromatic rings. The average molecular weight is 326 g/mol. The molecule has 0 aromatic heterocycles. The van der Waals surface area contributed by atoms with Crippen molar-refractivity contribution in [2.45, 2.75) is 26.2 Å². The van der Waals surface area contributed by atoms with Gasteiger partial charge in [0, 0.05) is 0 Å². The molecule has 0 aliphatic heterocycles. The minimum atomic E-state index is -0.593. The molecule has 5 heteroatoms. The van der Waals surface area contributed by atoms with Crippen molar-refractivity contribution in [1.82, 2.24) is 0 Å². The van der Waals surface area contributed by atoms with Crippen molar-refractivity contribution in [2.24, 2.45) is 5.73 Å². The van der Waals surface area contributed by atoms with E-state index in [1.807, 2.05) is 24.3 Å². The van der Waals surface area contributed by atoms with E-state index in [1.54, 1.807) is 24.3 Å². The SMILES string of the molecule is CC(C)(C)c1ccccc1OCC(=O)Nc1ccccc1C(N)=O. The fourth-order valence-corrected chi connectivity index (χ4v) is 2.35. The Hall–Kier alpha value is -2.82. The number of primary amides is 1. The Morgan fingerprint density at radius 2 is 1.67 bits per heavy atom. The van der Waals surface area contributed by atoms with E-state index >= 15 is 0 Å². The lowest BCUT2D eigenvalue weighted by atomic mass is 9.86. The summed E-state index contributed by atoms with van der Waals surface area (Å²) in [6.45, 7) is 6.09. The van der Waals surface area contributed by atoms with Gasteiger partial charge in [0.05, 0.1) is 11.3 Å². The summed E-state index contributed by atoms with van der Waals surface area (Å²) in [7, 11) is 0. The first kappa shape index (κ1) is 17.5. The number of carbonyl (C=O) groups is 2. The van der Waals surface area contributed by atoms with Crippen molar-refractivity contribution in [1.29, 1.82) is 0 Å². The van der Waals surface area contributed by atoms with Gasteiger partial charge in [-0.15, -0.1) is 0 Å². The van der Waals surface area contributed by atoms with Gasteiger partial charge in [-0.2, -0.15) is 0 Å². The second-order valence-corrected chi connectivity index (χ2v) is 6.49. The minimum absolute atomic E-state index is 0.0916. The van der Waals surface area contributed by atoms with E-state index in [0.717, 1.165) is 5.56 Å². The molecule has 0 atom stereocenters. The van der Waals surface area contributed by atoms with Crippen LogP contribution in [0, 0.1) is 0 Å². The summed E-state index contributed by atoms with van der Waals surface area (Å²) in [5.41, 5.74) is 6.88. The number of nitrogens with one attached hydrogen (secondary N) is 1. The van der Waals surface area contributed by atoms with Crippen molar-refractivity contribution < 1.29 is 14.3 Å². The molecule has 0 radical (unpaired) electrons. The van der Waals surface area contributed by atoms with Crippen LogP contribution in [0.4, 0.5) is 5.69 Å². The zero-order valence-electron chi connectivity index (χ0n) is 14.1. The van der Waals surface area contributed by atoms with Crippen LogP contribution in [0.5, 0.6) is 5.75 Å². The molecule has 0 heterocycles. The van der Waals surface area contributed by atoms with E-state index in [9.17, 15) is 9.59 Å². The van der Waals surface area contributed by atoms with Crippen LogP contribution in [0.1, 0.15) is 36.7 Å². The smallest absolute Gasteiger partial charge is 0.262 e. The lowest BCUT2D eigenvalue weighted by Gasteiger charge is -2.22. The Balaban J connectivity index is 2.07. The molecule has 2 aromatic carbocycles. The first-order chi connectivity index (χ1) is 11.3. The normalized spacial score (nSPS) is 11.0. The molecule has 0 fully saturated rings. The lowest BCUT2D eigenvalue weighted by Crippen LogP contribution is -2.24. The van der Waals surface area contributed by atoms with Gasteiger partial charge in [-0.25, -0.2) is 0 Å². The number of carbonyl (C=O) groups excluding carboxylic acids is 2. The molecule has 3 N–H and O–H groups in total. The fraction of sp³-hybridized carbons (Fsp3) is 0.263. The molecule has 5 nitrogen and oxygen atoms in total. The molecule has 2 rings (SSSR count). The fourth-order valence-electron chi connectivity index (χ4n) is 2.35. The van der Waals surface area contributed by atoms with Gasteiger partial charge < -0.3 is 15.8 Å². The second kappa shape index (κ2) is 7.17. The number of ether oxygens (including phenoxy) is 1. The first-order valence-electron chi connectivity index (χ1n) is 7.70. The summed E-state index contributed by atoms with van der Waals surface area (Å²) in [5.74, 6) is -0.277. The summed E-state index contributed by atoms with van der Waals surface area (Å²) in [4.78, 5) is 23.5. The number of hydrogen-bond acceptors (Lipinski definition) is 3. The third kappa shape index (κ3) is 4.35. The van der Waals surface area contributed by atoms with E-state index < -0.39 is 5.91 Å². The maximum absolute atomic E-state index is 12.1. The number of benzene rings is 2. The maximum atomic E-state index is 12.1. The van der Waals surface area contributed by atoms with Crippen molar-refractivity contribution in [3.8, 4) is 5.75 Å². The van der Waals surface area contributed by atoms with Crippen LogP contribution in [-0.2, 0) is 10.2 Å². The van der Waals surface area contributed by atoms with Crippen LogP contribution in [0.3, 0.4) is 0 Å². The van der Waals surface area contributed by atoms with Crippen LogP contribution >= 0.6 is 0 Å². The van der Waals surface area contributed by atoms with Crippen molar-refractivity contribution >= 4 is 17.5 Å². The third-order valence-electron chi connectivity index (χ3n) is 3.52. The van der Waals surface area contributed by atoms with Gasteiger partial charge in [0.15, 0.2) is 6.61 Å². The van der Waals surface area contributed by atoms with Crippen LogP contribution < -0.4 is 15.8 Å². The summed E-state index contributed by atoms with van der Waals surface area (Å²) in [6, 6.07) is 14.2. The summed E-state index contributed by atoms with van der Waals surface area (Å²) in [6.07, 6.45) is 0. The molecule has 0 bridgehead atoms. The summed E-state index contributed by atoms with van der Waals surface area (Å²) >= 11 is 0. The molecule has 0 saturated carbocycles. The Morgan fingerprint density at radius 1 is 1.04 bits per heavy atom. The second-order valence-electron chi connectivity index (χ2n) is 6.49. The van der Waals surface area contributed by atoms with Gasteiger partial charge in [0.1, 0.15) is 5.75 Å². The van der Waals surface area contributed by atoms with E-state index in [0.29, 0.717) is 11.4 Å². The van der Waals surface area contributed by atoms with Gasteiger partial charge in [0.25, 0.3) is 11.8 Å². The van der Waals surface area contributed by atoms with Crippen molar-refractivity contribution in [3.63, 3.8) is 0 Å². The van der Waals surface area contributed by atoms with E-state index in [-0.39, 0.29) is 23.5 Å².